The van der Waals surface area contributed by atoms with Crippen molar-refractivity contribution in [2.45, 2.75) is 5.41 Å². The van der Waals surface area contributed by atoms with Gasteiger partial charge in [-0.25, -0.2) is 0 Å². The van der Waals surface area contributed by atoms with Gasteiger partial charge in [-0.1, -0.05) is 194 Å². The molecule has 2 aromatic heterocycles. The van der Waals surface area contributed by atoms with Crippen LogP contribution in [-0.4, -0.2) is 9.13 Å². The van der Waals surface area contributed by atoms with Gasteiger partial charge < -0.3 is 14.0 Å². The van der Waals surface area contributed by atoms with Crippen LogP contribution in [0.5, 0.6) is 0 Å². The highest BCUT2D eigenvalue weighted by atomic mass is 15.1. The summed E-state index contributed by atoms with van der Waals surface area (Å²) in [6.45, 7) is 0. The first-order chi connectivity index (χ1) is 34.8. The number of nitrogens with zero attached hydrogens (tertiary/aromatic N) is 3. The smallest absolute Gasteiger partial charge is 0.0754 e. The van der Waals surface area contributed by atoms with Crippen molar-refractivity contribution < 1.29 is 0 Å². The Balaban J connectivity index is 0.954. The number of fused-ring (bicyclic) bond motifs is 15. The maximum Gasteiger partial charge on any atom is 0.0754 e. The summed E-state index contributed by atoms with van der Waals surface area (Å²) in [7, 11) is 0. The zero-order valence-corrected chi connectivity index (χ0v) is 38.2. The monoisotopic (exact) mass is 889 g/mol. The molecular weight excluding hydrogens is 847 g/mol. The first-order valence-corrected chi connectivity index (χ1v) is 24.3. The minimum absolute atomic E-state index is 0.530. The van der Waals surface area contributed by atoms with Crippen molar-refractivity contribution in [1.82, 2.24) is 9.13 Å². The van der Waals surface area contributed by atoms with E-state index in [4.69, 9.17) is 0 Å². The molecule has 1 aliphatic heterocycles. The highest BCUT2D eigenvalue weighted by Gasteiger charge is 2.51. The molecule has 0 fully saturated rings. The Kier molecular flexibility index (Phi) is 8.28. The van der Waals surface area contributed by atoms with E-state index in [1.165, 1.54) is 93.8 Å². The summed E-state index contributed by atoms with van der Waals surface area (Å²) in [5.74, 6) is 0. The molecule has 0 amide bonds. The Labute approximate surface area is 406 Å². The number of rotatable bonds is 6. The highest BCUT2D eigenvalue weighted by molar-refractivity contribution is 6.13. The van der Waals surface area contributed by atoms with E-state index in [9.17, 15) is 0 Å². The first-order valence-electron chi connectivity index (χ1n) is 24.3. The van der Waals surface area contributed by atoms with Crippen LogP contribution >= 0.6 is 0 Å². The second-order valence-corrected chi connectivity index (χ2v) is 18.8. The van der Waals surface area contributed by atoms with Gasteiger partial charge in [-0.2, -0.15) is 0 Å². The van der Waals surface area contributed by atoms with E-state index in [1.54, 1.807) is 0 Å². The number of hydrogen-bond acceptors (Lipinski definition) is 1. The largest absolute Gasteiger partial charge is 0.310 e. The quantitative estimate of drug-likeness (QED) is 0.162. The van der Waals surface area contributed by atoms with Gasteiger partial charge in [0.05, 0.1) is 38.9 Å². The number of para-hydroxylation sites is 6. The van der Waals surface area contributed by atoms with Gasteiger partial charge >= 0.3 is 0 Å². The molecule has 11 aromatic carbocycles. The van der Waals surface area contributed by atoms with Crippen molar-refractivity contribution in [2.24, 2.45) is 0 Å². The summed E-state index contributed by atoms with van der Waals surface area (Å²) in [5, 5.41) is 5.07. The summed E-state index contributed by atoms with van der Waals surface area (Å²) in [5.41, 5.74) is 22.5. The summed E-state index contributed by atoms with van der Waals surface area (Å²) >= 11 is 0. The molecule has 2 aliphatic rings. The van der Waals surface area contributed by atoms with Crippen LogP contribution in [0.2, 0.25) is 0 Å². The maximum atomic E-state index is 2.52. The summed E-state index contributed by atoms with van der Waals surface area (Å²) in [4.78, 5) is 2.47. The average Bonchev–Trinajstić information content (AvgIpc) is 4.06. The molecule has 70 heavy (non-hydrogen) atoms. The number of aromatic nitrogens is 2. The van der Waals surface area contributed by atoms with Crippen LogP contribution in [0, 0.1) is 0 Å². The van der Waals surface area contributed by atoms with Gasteiger partial charge in [0, 0.05) is 44.2 Å². The number of hydrogen-bond donors (Lipinski definition) is 0. The first kappa shape index (κ1) is 38.9. The van der Waals surface area contributed by atoms with E-state index >= 15 is 0 Å². The summed E-state index contributed by atoms with van der Waals surface area (Å²) in [6, 6.07) is 96.6. The molecule has 3 nitrogen and oxygen atoms in total. The van der Waals surface area contributed by atoms with E-state index in [0.29, 0.717) is 0 Å². The Hall–Kier alpha value is -9.18. The number of benzene rings is 11. The molecule has 0 saturated heterocycles. The predicted octanol–water partition coefficient (Wildman–Crippen LogP) is 17.4. The molecule has 0 N–H and O–H groups in total. The minimum Gasteiger partial charge on any atom is -0.310 e. The van der Waals surface area contributed by atoms with Crippen molar-refractivity contribution in [1.29, 1.82) is 0 Å². The van der Waals surface area contributed by atoms with Crippen molar-refractivity contribution in [3.8, 4) is 44.8 Å². The minimum atomic E-state index is -0.530. The standard InChI is InChI=1S/C67H43N3/c1-2-17-44(18-3-1)45-33-35-46(36-34-45)50-19-5-11-28-61(50)68(47-37-39-48(40-38-47)69-62-29-12-6-21-52(62)53-22-7-13-30-63(53)69)49-41-42-58-56(43-49)51-20-4-9-25-57(51)67(58)59-26-10-15-32-65(59)70-64-31-14-8-23-54(64)55-24-16-27-60(67)66(55)70/h1-43H. The molecular formula is C67H43N3. The number of anilines is 3. The Bertz CT molecular complexity index is 4180. The van der Waals surface area contributed by atoms with Crippen LogP contribution < -0.4 is 4.90 Å². The zero-order chi connectivity index (χ0) is 45.9. The SMILES string of the molecule is c1ccc(-c2ccc(-c3ccccc3N(c3ccc(-n4c5ccccc5c5ccccc54)cc3)c3ccc4c(c3)-c3ccccc3C43c4ccccc4-n4c5ccccc5c5cccc3c54)cc2)cc1. The Morgan fingerprint density at radius 2 is 0.814 bits per heavy atom. The van der Waals surface area contributed by atoms with Gasteiger partial charge in [0.25, 0.3) is 0 Å². The Morgan fingerprint density at radius 1 is 0.300 bits per heavy atom. The highest BCUT2D eigenvalue weighted by Crippen LogP contribution is 2.62. The van der Waals surface area contributed by atoms with Crippen LogP contribution in [0.1, 0.15) is 22.3 Å². The molecule has 3 heterocycles. The third-order valence-corrected chi connectivity index (χ3v) is 15.3. The van der Waals surface area contributed by atoms with Gasteiger partial charge in [-0.3, -0.25) is 0 Å². The van der Waals surface area contributed by atoms with Crippen LogP contribution in [-0.2, 0) is 5.41 Å². The fourth-order valence-electron chi connectivity index (χ4n) is 12.5. The molecule has 0 saturated carbocycles. The van der Waals surface area contributed by atoms with Crippen molar-refractivity contribution in [2.75, 3.05) is 4.90 Å². The molecule has 13 aromatic rings. The third kappa shape index (κ3) is 5.34. The van der Waals surface area contributed by atoms with Crippen LogP contribution in [0.4, 0.5) is 17.1 Å². The van der Waals surface area contributed by atoms with Crippen molar-refractivity contribution in [3.63, 3.8) is 0 Å². The second kappa shape index (κ2) is 14.9. The van der Waals surface area contributed by atoms with Gasteiger partial charge in [-0.15, -0.1) is 0 Å². The van der Waals surface area contributed by atoms with Crippen molar-refractivity contribution in [3.05, 3.63) is 283 Å². The maximum absolute atomic E-state index is 2.52. The molecule has 326 valence electrons. The molecule has 1 unspecified atom stereocenters. The summed E-state index contributed by atoms with van der Waals surface area (Å²) in [6.07, 6.45) is 0. The van der Waals surface area contributed by atoms with Crippen LogP contribution in [0.15, 0.2) is 261 Å². The lowest BCUT2D eigenvalue weighted by molar-refractivity contribution is 0.748. The lowest BCUT2D eigenvalue weighted by Gasteiger charge is -2.39. The van der Waals surface area contributed by atoms with E-state index < -0.39 is 5.41 Å². The van der Waals surface area contributed by atoms with E-state index in [-0.39, 0.29) is 0 Å². The fourth-order valence-corrected chi connectivity index (χ4v) is 12.5. The van der Waals surface area contributed by atoms with Crippen LogP contribution in [0.25, 0.3) is 88.4 Å². The van der Waals surface area contributed by atoms with Gasteiger partial charge in [0.15, 0.2) is 0 Å². The van der Waals surface area contributed by atoms with Gasteiger partial charge in [0.1, 0.15) is 0 Å². The molecule has 0 radical (unpaired) electrons. The van der Waals surface area contributed by atoms with Crippen molar-refractivity contribution >= 4 is 60.7 Å². The second-order valence-electron chi connectivity index (χ2n) is 18.8. The molecule has 1 aliphatic carbocycles. The predicted molar refractivity (Wildman–Crippen MR) is 292 cm³/mol. The molecule has 3 heteroatoms. The summed E-state index contributed by atoms with van der Waals surface area (Å²) < 4.78 is 4.92. The molecule has 1 atom stereocenters. The molecule has 0 bridgehead atoms. The topological polar surface area (TPSA) is 13.1 Å². The van der Waals surface area contributed by atoms with E-state index in [0.717, 1.165) is 33.9 Å². The fraction of sp³-hybridized carbons (Fsp3) is 0.0149. The van der Waals surface area contributed by atoms with E-state index in [1.807, 2.05) is 0 Å². The van der Waals surface area contributed by atoms with Crippen LogP contribution in [0.3, 0.4) is 0 Å². The van der Waals surface area contributed by atoms with E-state index in [2.05, 4.69) is 275 Å². The molecule has 1 spiro atoms. The normalized spacial score (nSPS) is 14.3. The lowest BCUT2D eigenvalue weighted by atomic mass is 9.65. The van der Waals surface area contributed by atoms with Gasteiger partial charge in [0.2, 0.25) is 0 Å². The molecule has 15 rings (SSSR count). The van der Waals surface area contributed by atoms with Gasteiger partial charge in [-0.05, 0) is 117 Å². The third-order valence-electron chi connectivity index (χ3n) is 15.3. The average molecular weight is 890 g/mol. The zero-order valence-electron chi connectivity index (χ0n) is 38.2. The Morgan fingerprint density at radius 3 is 1.56 bits per heavy atom. The lowest BCUT2D eigenvalue weighted by Crippen LogP contribution is -2.33.